The minimum Gasteiger partial charge on any atom is -0.744 e. The average Bonchev–Trinajstić information content (AvgIpc) is 2.66. The molecule has 2 aromatic rings. The number of rotatable bonds is 4. The molecule has 0 aromatic heterocycles. The molecule has 0 spiro atoms. The van der Waals surface area contributed by atoms with Gasteiger partial charge in [-0.2, -0.15) is 0 Å². The van der Waals surface area contributed by atoms with Crippen molar-refractivity contribution < 1.29 is 22.8 Å². The number of aromatic hydroxyl groups is 1. The molecule has 1 aliphatic rings. The Bertz CT molecular complexity index is 982. The minimum atomic E-state index is -4.27. The summed E-state index contributed by atoms with van der Waals surface area (Å²) in [7, 11) is -3.80. The minimum absolute atomic E-state index is 0.0432. The second-order valence-corrected chi connectivity index (χ2v) is 12.2. The molecule has 2 aromatic carbocycles. The maximum atomic E-state index is 10.4. The lowest BCUT2D eigenvalue weighted by Crippen LogP contribution is -2.38. The van der Waals surface area contributed by atoms with E-state index in [1.807, 2.05) is 26.8 Å². The fraction of sp³-hybridized carbons (Fsp3) is 0.478. The van der Waals surface area contributed by atoms with Crippen molar-refractivity contribution in [3.63, 3.8) is 0 Å². The van der Waals surface area contributed by atoms with Crippen molar-refractivity contribution in [3.8, 4) is 11.5 Å². The summed E-state index contributed by atoms with van der Waals surface area (Å²) in [5, 5.41) is 9.91. The molecule has 1 atom stereocenters. The lowest BCUT2D eigenvalue weighted by atomic mass is 9.88. The van der Waals surface area contributed by atoms with E-state index in [0.717, 1.165) is 47.3 Å². The van der Waals surface area contributed by atoms with Gasteiger partial charge in [0.1, 0.15) is 33.0 Å². The third-order valence-electron chi connectivity index (χ3n) is 5.51. The average molecular weight is 453 g/mol. The summed E-state index contributed by atoms with van der Waals surface area (Å²) in [5.74, 6) is 2.63. The highest BCUT2D eigenvalue weighted by molar-refractivity contribution is 7.95. The van der Waals surface area contributed by atoms with E-state index >= 15 is 0 Å². The van der Waals surface area contributed by atoms with Crippen LogP contribution in [-0.2, 0) is 27.4 Å². The van der Waals surface area contributed by atoms with Gasteiger partial charge >= 0.3 is 0 Å². The van der Waals surface area contributed by atoms with Crippen molar-refractivity contribution in [1.29, 1.82) is 0 Å². The lowest BCUT2D eigenvalue weighted by molar-refractivity contribution is 0.0611. The van der Waals surface area contributed by atoms with Crippen LogP contribution in [0.2, 0.25) is 0 Å². The van der Waals surface area contributed by atoms with Gasteiger partial charge in [-0.25, -0.2) is 8.42 Å². The SMILES string of the molecule is Cc1c(O)cc2c(c1C)OC(C)(CC[S+](C)C)CC2.Cc1ccc(S(=O)(=O)[O-])cc1. The van der Waals surface area contributed by atoms with E-state index in [2.05, 4.69) is 19.4 Å². The Hall–Kier alpha value is -1.70. The molecule has 1 aliphatic heterocycles. The van der Waals surface area contributed by atoms with Gasteiger partial charge in [0.2, 0.25) is 0 Å². The largest absolute Gasteiger partial charge is 0.744 e. The van der Waals surface area contributed by atoms with Crippen molar-refractivity contribution in [2.24, 2.45) is 0 Å². The summed E-state index contributed by atoms with van der Waals surface area (Å²) in [6.07, 6.45) is 7.73. The molecule has 0 fully saturated rings. The number of fused-ring (bicyclic) bond motifs is 1. The second kappa shape index (κ2) is 9.62. The maximum absolute atomic E-state index is 10.4. The maximum Gasteiger partial charge on any atom is 0.126 e. The molecular weight excluding hydrogens is 420 g/mol. The number of hydrogen-bond acceptors (Lipinski definition) is 5. The first-order chi connectivity index (χ1) is 13.8. The fourth-order valence-corrected chi connectivity index (χ4v) is 4.58. The van der Waals surface area contributed by atoms with E-state index < -0.39 is 10.1 Å². The molecule has 7 heteroatoms. The normalized spacial score (nSPS) is 18.3. The van der Waals surface area contributed by atoms with Gasteiger partial charge in [-0.05, 0) is 86.3 Å². The van der Waals surface area contributed by atoms with Crippen LogP contribution in [0.25, 0.3) is 0 Å². The molecule has 3 rings (SSSR count). The van der Waals surface area contributed by atoms with E-state index in [4.69, 9.17) is 4.74 Å². The topological polar surface area (TPSA) is 86.7 Å². The first-order valence-electron chi connectivity index (χ1n) is 9.90. The van der Waals surface area contributed by atoms with E-state index in [9.17, 15) is 18.1 Å². The Balaban J connectivity index is 0.000000248. The van der Waals surface area contributed by atoms with Crippen LogP contribution in [0.15, 0.2) is 35.2 Å². The van der Waals surface area contributed by atoms with Gasteiger partial charge in [0.05, 0.1) is 17.4 Å². The van der Waals surface area contributed by atoms with Gasteiger partial charge in [-0.15, -0.1) is 0 Å². The molecule has 0 saturated heterocycles. The van der Waals surface area contributed by atoms with Crippen molar-refractivity contribution >= 4 is 21.0 Å². The number of benzene rings is 2. The van der Waals surface area contributed by atoms with Crippen LogP contribution in [0.1, 0.15) is 42.0 Å². The molecule has 5 nitrogen and oxygen atoms in total. The molecular formula is C23H32O5S2. The zero-order valence-corrected chi connectivity index (χ0v) is 20.2. The number of aryl methyl sites for hydroxylation is 2. The monoisotopic (exact) mass is 452 g/mol. The number of hydrogen-bond donors (Lipinski definition) is 1. The summed E-state index contributed by atoms with van der Waals surface area (Å²) < 4.78 is 37.5. The molecule has 1 heterocycles. The highest BCUT2D eigenvalue weighted by Gasteiger charge is 2.34. The standard InChI is InChI=1S/C16H24O2S.C7H8O3S/c1-11-12(2)15-13(10-14(11)17)6-7-16(3,18-15)8-9-19(4)5;1-6-2-4-7(5-3-6)11(8,9)10/h10H,6-9H2,1-5H3;2-5H,1H3,(H,8,9,10). The van der Waals surface area contributed by atoms with Crippen LogP contribution >= 0.6 is 0 Å². The van der Waals surface area contributed by atoms with Crippen LogP contribution in [-0.4, -0.2) is 41.9 Å². The van der Waals surface area contributed by atoms with Crippen molar-refractivity contribution in [3.05, 3.63) is 52.6 Å². The highest BCUT2D eigenvalue weighted by atomic mass is 32.2. The highest BCUT2D eigenvalue weighted by Crippen LogP contribution is 2.41. The van der Waals surface area contributed by atoms with Crippen LogP contribution in [0.3, 0.4) is 0 Å². The van der Waals surface area contributed by atoms with Crippen LogP contribution in [0.4, 0.5) is 0 Å². The Morgan fingerprint density at radius 3 is 2.27 bits per heavy atom. The van der Waals surface area contributed by atoms with E-state index in [1.165, 1.54) is 17.9 Å². The summed E-state index contributed by atoms with van der Waals surface area (Å²) >= 11 is 0. The molecule has 30 heavy (non-hydrogen) atoms. The molecule has 0 bridgehead atoms. The smallest absolute Gasteiger partial charge is 0.126 e. The van der Waals surface area contributed by atoms with Gasteiger partial charge in [-0.1, -0.05) is 17.7 Å². The third kappa shape index (κ3) is 6.40. The first kappa shape index (κ1) is 24.6. The summed E-state index contributed by atoms with van der Waals surface area (Å²) in [5.41, 5.74) is 4.07. The molecule has 166 valence electrons. The van der Waals surface area contributed by atoms with E-state index in [0.29, 0.717) is 16.6 Å². The number of phenols is 1. The van der Waals surface area contributed by atoms with Gasteiger partial charge in [0.15, 0.2) is 0 Å². The van der Waals surface area contributed by atoms with Gasteiger partial charge in [-0.3, -0.25) is 0 Å². The molecule has 0 amide bonds. The Morgan fingerprint density at radius 1 is 1.13 bits per heavy atom. The summed E-state index contributed by atoms with van der Waals surface area (Å²) in [4.78, 5) is -0.178. The fourth-order valence-electron chi connectivity index (χ4n) is 3.27. The van der Waals surface area contributed by atoms with Crippen LogP contribution < -0.4 is 4.74 Å². The van der Waals surface area contributed by atoms with Crippen LogP contribution in [0.5, 0.6) is 11.5 Å². The van der Waals surface area contributed by atoms with Crippen molar-refractivity contribution in [2.45, 2.75) is 57.5 Å². The Labute approximate surface area is 183 Å². The summed E-state index contributed by atoms with van der Waals surface area (Å²) in [6.45, 7) is 8.05. The molecule has 1 N–H and O–H groups in total. The van der Waals surface area contributed by atoms with Gasteiger partial charge in [0.25, 0.3) is 0 Å². The first-order valence-corrected chi connectivity index (χ1v) is 13.5. The predicted molar refractivity (Wildman–Crippen MR) is 123 cm³/mol. The van der Waals surface area contributed by atoms with Gasteiger partial charge in [0, 0.05) is 6.42 Å². The van der Waals surface area contributed by atoms with Crippen molar-refractivity contribution in [1.82, 2.24) is 0 Å². The zero-order valence-electron chi connectivity index (χ0n) is 18.6. The van der Waals surface area contributed by atoms with Crippen molar-refractivity contribution in [2.75, 3.05) is 18.3 Å². The zero-order chi connectivity index (χ0) is 22.7. The number of phenolic OH excluding ortho intramolecular Hbond substituents is 1. The Kier molecular flexibility index (Phi) is 7.88. The molecule has 0 radical (unpaired) electrons. The lowest BCUT2D eigenvalue weighted by Gasteiger charge is -2.36. The number of ether oxygens (including phenoxy) is 1. The summed E-state index contributed by atoms with van der Waals surface area (Å²) in [6, 6.07) is 7.66. The molecule has 0 aliphatic carbocycles. The molecule has 0 saturated carbocycles. The predicted octanol–water partition coefficient (Wildman–Crippen LogP) is 4.26. The Morgan fingerprint density at radius 2 is 1.73 bits per heavy atom. The van der Waals surface area contributed by atoms with E-state index in [1.54, 1.807) is 12.1 Å². The quantitative estimate of drug-likeness (QED) is 0.553. The van der Waals surface area contributed by atoms with Gasteiger partial charge < -0.3 is 14.4 Å². The van der Waals surface area contributed by atoms with Crippen LogP contribution in [0, 0.1) is 20.8 Å². The van der Waals surface area contributed by atoms with E-state index in [-0.39, 0.29) is 10.5 Å². The third-order valence-corrected chi connectivity index (χ3v) is 7.38. The second-order valence-electron chi connectivity index (χ2n) is 8.39. The molecule has 1 unspecified atom stereocenters.